The van der Waals surface area contributed by atoms with Crippen molar-refractivity contribution >= 4 is 29.9 Å². The van der Waals surface area contributed by atoms with Crippen LogP contribution in [0.15, 0.2) is 4.99 Å². The summed E-state index contributed by atoms with van der Waals surface area (Å²) >= 11 is 0. The summed E-state index contributed by atoms with van der Waals surface area (Å²) in [4.78, 5) is 9.98. The molecule has 0 aliphatic carbocycles. The molecular formula is C18H37IN4O. The van der Waals surface area contributed by atoms with Gasteiger partial charge >= 0.3 is 0 Å². The molecule has 0 saturated carbocycles. The lowest BCUT2D eigenvalue weighted by atomic mass is 10.0. The van der Waals surface area contributed by atoms with Crippen LogP contribution in [0, 0.1) is 5.92 Å². The second kappa shape index (κ2) is 11.5. The number of hydrogen-bond acceptors (Lipinski definition) is 3. The van der Waals surface area contributed by atoms with Gasteiger partial charge in [-0.1, -0.05) is 6.42 Å². The van der Waals surface area contributed by atoms with Gasteiger partial charge in [0.25, 0.3) is 0 Å². The largest absolute Gasteiger partial charge is 0.384 e. The Hall–Kier alpha value is -0.0800. The van der Waals surface area contributed by atoms with E-state index in [-0.39, 0.29) is 24.0 Å². The fourth-order valence-electron chi connectivity index (χ4n) is 3.92. The van der Waals surface area contributed by atoms with Crippen LogP contribution in [0.5, 0.6) is 0 Å². The summed E-state index contributed by atoms with van der Waals surface area (Å²) in [5.41, 5.74) is 0. The van der Waals surface area contributed by atoms with Gasteiger partial charge in [0.15, 0.2) is 5.96 Å². The van der Waals surface area contributed by atoms with Gasteiger partial charge in [0.1, 0.15) is 0 Å². The number of methoxy groups -OCH3 is 1. The number of rotatable bonds is 6. The first-order valence-corrected chi connectivity index (χ1v) is 9.43. The maximum atomic E-state index is 5.31. The van der Waals surface area contributed by atoms with Crippen LogP contribution in [0.25, 0.3) is 0 Å². The normalized spacial score (nSPS) is 27.0. The molecule has 3 unspecified atom stereocenters. The molecule has 0 aromatic heterocycles. The Balaban J connectivity index is 0.00000288. The quantitative estimate of drug-likeness (QED) is 0.382. The predicted molar refractivity (Wildman–Crippen MR) is 112 cm³/mol. The number of likely N-dealkylation sites (tertiary alicyclic amines) is 2. The fourth-order valence-corrected chi connectivity index (χ4v) is 3.92. The number of guanidine groups is 1. The molecule has 0 aromatic carbocycles. The van der Waals surface area contributed by atoms with Crippen molar-refractivity contribution in [3.05, 3.63) is 0 Å². The molecule has 2 aliphatic rings. The van der Waals surface area contributed by atoms with E-state index in [1.165, 1.54) is 32.2 Å². The van der Waals surface area contributed by atoms with E-state index in [4.69, 9.17) is 9.73 Å². The number of piperidine rings is 1. The summed E-state index contributed by atoms with van der Waals surface area (Å²) in [6, 6.07) is 1.23. The Bertz CT molecular complexity index is 380. The zero-order valence-corrected chi connectivity index (χ0v) is 18.3. The van der Waals surface area contributed by atoms with Crippen molar-refractivity contribution in [1.29, 1.82) is 0 Å². The van der Waals surface area contributed by atoms with Gasteiger partial charge in [-0.3, -0.25) is 9.89 Å². The molecule has 1 N–H and O–H groups in total. The maximum absolute atomic E-state index is 5.31. The van der Waals surface area contributed by atoms with Gasteiger partial charge in [0.2, 0.25) is 0 Å². The summed E-state index contributed by atoms with van der Waals surface area (Å²) in [6.45, 7) is 12.9. The first-order chi connectivity index (χ1) is 11.2. The van der Waals surface area contributed by atoms with Crippen molar-refractivity contribution in [3.8, 4) is 0 Å². The van der Waals surface area contributed by atoms with Gasteiger partial charge in [-0.15, -0.1) is 24.0 Å². The van der Waals surface area contributed by atoms with Crippen molar-refractivity contribution in [2.24, 2.45) is 10.9 Å². The molecule has 24 heavy (non-hydrogen) atoms. The molecule has 5 nitrogen and oxygen atoms in total. The number of aliphatic imine (C=N–C) groups is 1. The van der Waals surface area contributed by atoms with E-state index in [0.29, 0.717) is 18.0 Å². The molecule has 6 heteroatoms. The minimum Gasteiger partial charge on any atom is -0.384 e. The molecule has 2 heterocycles. The van der Waals surface area contributed by atoms with Gasteiger partial charge in [-0.2, -0.15) is 0 Å². The average Bonchev–Trinajstić information content (AvgIpc) is 3.00. The van der Waals surface area contributed by atoms with Crippen LogP contribution in [0.2, 0.25) is 0 Å². The van der Waals surface area contributed by atoms with Crippen LogP contribution in [-0.4, -0.2) is 74.3 Å². The molecule has 3 atom stereocenters. The van der Waals surface area contributed by atoms with E-state index in [2.05, 4.69) is 35.9 Å². The summed E-state index contributed by atoms with van der Waals surface area (Å²) in [5.74, 6) is 1.73. The summed E-state index contributed by atoms with van der Waals surface area (Å²) in [7, 11) is 1.80. The van der Waals surface area contributed by atoms with Crippen molar-refractivity contribution in [3.63, 3.8) is 0 Å². The van der Waals surface area contributed by atoms with Gasteiger partial charge in [-0.25, -0.2) is 0 Å². The number of halogens is 1. The fraction of sp³-hybridized carbons (Fsp3) is 0.944. The lowest BCUT2D eigenvalue weighted by molar-refractivity contribution is 0.118. The smallest absolute Gasteiger partial charge is 0.193 e. The highest BCUT2D eigenvalue weighted by atomic mass is 127. The van der Waals surface area contributed by atoms with E-state index < -0.39 is 0 Å². The molecule has 0 amide bonds. The maximum Gasteiger partial charge on any atom is 0.193 e. The van der Waals surface area contributed by atoms with Gasteiger partial charge in [0, 0.05) is 44.7 Å². The van der Waals surface area contributed by atoms with Gasteiger partial charge < -0.3 is 15.0 Å². The van der Waals surface area contributed by atoms with Crippen molar-refractivity contribution in [2.75, 3.05) is 46.4 Å². The minimum absolute atomic E-state index is 0. The Labute approximate surface area is 165 Å². The van der Waals surface area contributed by atoms with Crippen LogP contribution < -0.4 is 5.32 Å². The molecule has 0 spiro atoms. The predicted octanol–water partition coefficient (Wildman–Crippen LogP) is 2.80. The van der Waals surface area contributed by atoms with Crippen LogP contribution in [0.3, 0.4) is 0 Å². The molecule has 0 aromatic rings. The van der Waals surface area contributed by atoms with Crippen molar-refractivity contribution in [2.45, 2.75) is 58.5 Å². The molecule has 2 rings (SSSR count). The lowest BCUT2D eigenvalue weighted by Gasteiger charge is -2.37. The standard InChI is InChI=1S/C18H36N4O.HI/c1-5-19-18(21-11-9-17(13-21)14-23-4)20-12-16(3)22-10-7-6-8-15(22)2;/h15-17H,5-14H2,1-4H3,(H,19,20);1H. The van der Waals surface area contributed by atoms with Crippen molar-refractivity contribution < 1.29 is 4.74 Å². The van der Waals surface area contributed by atoms with E-state index in [1.54, 1.807) is 7.11 Å². The SMILES string of the molecule is CCNC(=NCC(C)N1CCCCC1C)N1CCC(COC)C1.I. The first kappa shape index (κ1) is 22.0. The Morgan fingerprint density at radius 1 is 1.29 bits per heavy atom. The van der Waals surface area contributed by atoms with E-state index in [0.717, 1.165) is 38.7 Å². The number of nitrogens with zero attached hydrogens (tertiary/aromatic N) is 3. The third-order valence-corrected chi connectivity index (χ3v) is 5.25. The molecule has 2 aliphatic heterocycles. The number of hydrogen-bond donors (Lipinski definition) is 1. The minimum atomic E-state index is 0. The Morgan fingerprint density at radius 2 is 2.08 bits per heavy atom. The first-order valence-electron chi connectivity index (χ1n) is 9.43. The molecule has 142 valence electrons. The molecule has 0 radical (unpaired) electrons. The van der Waals surface area contributed by atoms with E-state index >= 15 is 0 Å². The Morgan fingerprint density at radius 3 is 2.75 bits per heavy atom. The van der Waals surface area contributed by atoms with E-state index in [1.807, 2.05) is 0 Å². The summed E-state index contributed by atoms with van der Waals surface area (Å²) < 4.78 is 5.31. The lowest BCUT2D eigenvalue weighted by Crippen LogP contribution is -2.46. The van der Waals surface area contributed by atoms with Crippen LogP contribution in [-0.2, 0) is 4.74 Å². The number of ether oxygens (including phenoxy) is 1. The summed E-state index contributed by atoms with van der Waals surface area (Å²) in [5, 5.41) is 3.47. The zero-order chi connectivity index (χ0) is 16.7. The molecular weight excluding hydrogens is 415 g/mol. The van der Waals surface area contributed by atoms with E-state index in [9.17, 15) is 0 Å². The second-order valence-corrected chi connectivity index (χ2v) is 7.18. The van der Waals surface area contributed by atoms with Gasteiger partial charge in [0.05, 0.1) is 13.2 Å². The third-order valence-electron chi connectivity index (χ3n) is 5.25. The number of nitrogens with one attached hydrogen (secondary N) is 1. The second-order valence-electron chi connectivity index (χ2n) is 7.18. The van der Waals surface area contributed by atoms with Gasteiger partial charge in [-0.05, 0) is 46.6 Å². The summed E-state index contributed by atoms with van der Waals surface area (Å²) in [6.07, 6.45) is 5.25. The van der Waals surface area contributed by atoms with Crippen molar-refractivity contribution in [1.82, 2.24) is 15.1 Å². The monoisotopic (exact) mass is 452 g/mol. The molecule has 2 saturated heterocycles. The highest BCUT2D eigenvalue weighted by molar-refractivity contribution is 14.0. The highest BCUT2D eigenvalue weighted by Crippen LogP contribution is 2.20. The third kappa shape index (κ3) is 6.33. The molecule has 2 fully saturated rings. The Kier molecular flexibility index (Phi) is 10.5. The van der Waals surface area contributed by atoms with Crippen LogP contribution in [0.1, 0.15) is 46.5 Å². The zero-order valence-electron chi connectivity index (χ0n) is 16.0. The van der Waals surface area contributed by atoms with Crippen LogP contribution in [0.4, 0.5) is 0 Å². The van der Waals surface area contributed by atoms with Crippen LogP contribution >= 0.6 is 24.0 Å². The molecule has 0 bridgehead atoms. The average molecular weight is 452 g/mol. The highest BCUT2D eigenvalue weighted by Gasteiger charge is 2.26. The topological polar surface area (TPSA) is 40.1 Å².